The van der Waals surface area contributed by atoms with Crippen LogP contribution in [-0.4, -0.2) is 55.1 Å². The van der Waals surface area contributed by atoms with E-state index in [0.29, 0.717) is 18.7 Å². The molecular weight excluding hydrogens is 578 g/mol. The smallest absolute Gasteiger partial charge is 0.405 e. The highest BCUT2D eigenvalue weighted by Crippen LogP contribution is 2.32. The summed E-state index contributed by atoms with van der Waals surface area (Å²) in [7, 11) is 0. The van der Waals surface area contributed by atoms with E-state index in [4.69, 9.17) is 9.47 Å². The molecule has 4 aromatic rings. The normalized spacial score (nSPS) is 18.0. The van der Waals surface area contributed by atoms with Gasteiger partial charge in [0.25, 0.3) is 0 Å². The highest BCUT2D eigenvalue weighted by atomic mass is 16.5. The molecule has 1 aliphatic carbocycles. The number of benzene rings is 4. The van der Waals surface area contributed by atoms with Gasteiger partial charge in [0.2, 0.25) is 5.91 Å². The Morgan fingerprint density at radius 3 is 2.28 bits per heavy atom. The van der Waals surface area contributed by atoms with Crippen LogP contribution in [0.4, 0.5) is 10.5 Å². The van der Waals surface area contributed by atoms with E-state index in [-0.39, 0.29) is 12.2 Å². The number of carbonyl (C=O) groups excluding carboxylic acids is 1. The number of aryl methyl sites for hydroxylation is 2. The van der Waals surface area contributed by atoms with Gasteiger partial charge in [-0.05, 0) is 72.1 Å². The number of rotatable bonds is 12. The summed E-state index contributed by atoms with van der Waals surface area (Å²) in [5, 5.41) is 18.8. The van der Waals surface area contributed by atoms with Crippen molar-refractivity contribution in [1.82, 2.24) is 10.6 Å². The molecule has 3 atom stereocenters. The van der Waals surface area contributed by atoms with Gasteiger partial charge in [0.05, 0.1) is 6.10 Å². The highest BCUT2D eigenvalue weighted by molar-refractivity contribution is 5.98. The van der Waals surface area contributed by atoms with Crippen LogP contribution in [0.15, 0.2) is 103 Å². The van der Waals surface area contributed by atoms with Crippen LogP contribution in [0.2, 0.25) is 0 Å². The molecule has 46 heavy (non-hydrogen) atoms. The summed E-state index contributed by atoms with van der Waals surface area (Å²) in [6.45, 7) is 1.97. The molecular formula is C38H41N3O5. The number of nitrogens with one attached hydrogen (secondary N) is 3. The number of para-hydroxylation sites is 1. The Balaban J connectivity index is 1.11. The molecule has 8 heteroatoms. The largest absolute Gasteiger partial charge is 0.491 e. The number of carbonyl (C=O) groups is 2. The van der Waals surface area contributed by atoms with E-state index in [1.54, 1.807) is 0 Å². The molecule has 0 unspecified atom stereocenters. The summed E-state index contributed by atoms with van der Waals surface area (Å²) in [4.78, 5) is 25.9. The second-order valence-corrected chi connectivity index (χ2v) is 12.0. The van der Waals surface area contributed by atoms with Crippen molar-refractivity contribution in [1.29, 1.82) is 0 Å². The number of fused-ring (bicyclic) bond motifs is 1. The Morgan fingerprint density at radius 2 is 1.54 bits per heavy atom. The Bertz CT molecular complexity index is 1570. The first-order valence-electron chi connectivity index (χ1n) is 16.1. The molecule has 2 aliphatic rings. The Morgan fingerprint density at radius 1 is 0.848 bits per heavy atom. The first-order chi connectivity index (χ1) is 22.5. The van der Waals surface area contributed by atoms with Gasteiger partial charge in [0.1, 0.15) is 24.5 Å². The van der Waals surface area contributed by atoms with Crippen LogP contribution < -0.4 is 20.7 Å². The van der Waals surface area contributed by atoms with E-state index in [0.717, 1.165) is 54.8 Å². The third kappa shape index (κ3) is 7.76. The van der Waals surface area contributed by atoms with Crippen LogP contribution >= 0.6 is 0 Å². The van der Waals surface area contributed by atoms with Crippen molar-refractivity contribution >= 4 is 17.7 Å². The number of hydrogen-bond donors (Lipinski definition) is 4. The molecule has 4 aromatic carbocycles. The lowest BCUT2D eigenvalue weighted by molar-refractivity contribution is -0.118. The topological polar surface area (TPSA) is 109 Å². The molecule has 6 rings (SSSR count). The minimum Gasteiger partial charge on any atom is -0.491 e. The number of hydrogen-bond acceptors (Lipinski definition) is 5. The van der Waals surface area contributed by atoms with Crippen LogP contribution in [0.25, 0.3) is 0 Å². The van der Waals surface area contributed by atoms with Crippen molar-refractivity contribution in [3.05, 3.63) is 131 Å². The second kappa shape index (κ2) is 15.1. The SMILES string of the molecule is O=C(O)N[C@H](C(=O)Nc1ccccc1CC[C@@H]1CNC[C@@H](COc2cccc3c2CCC3)O1)C(c1ccccc1)c1ccccc1. The lowest BCUT2D eigenvalue weighted by Crippen LogP contribution is -2.47. The Kier molecular flexibility index (Phi) is 10.3. The lowest BCUT2D eigenvalue weighted by atomic mass is 9.84. The molecule has 1 heterocycles. The maximum atomic E-state index is 13.9. The first-order valence-corrected chi connectivity index (χ1v) is 16.1. The molecule has 238 valence electrons. The number of anilines is 1. The van der Waals surface area contributed by atoms with E-state index < -0.39 is 24.0 Å². The predicted octanol–water partition coefficient (Wildman–Crippen LogP) is 5.95. The van der Waals surface area contributed by atoms with Crippen LogP contribution in [0, 0.1) is 0 Å². The maximum absolute atomic E-state index is 13.9. The molecule has 8 nitrogen and oxygen atoms in total. The van der Waals surface area contributed by atoms with Gasteiger partial charge in [-0.2, -0.15) is 0 Å². The number of carboxylic acid groups (broad SMARTS) is 1. The summed E-state index contributed by atoms with van der Waals surface area (Å²) in [6, 6.07) is 32.0. The van der Waals surface area contributed by atoms with Gasteiger partial charge < -0.3 is 30.5 Å². The van der Waals surface area contributed by atoms with E-state index in [2.05, 4.69) is 34.1 Å². The monoisotopic (exact) mass is 619 g/mol. The maximum Gasteiger partial charge on any atom is 0.405 e. The minimum atomic E-state index is -1.26. The molecule has 1 fully saturated rings. The molecule has 4 N–H and O–H groups in total. The minimum absolute atomic E-state index is 0.00503. The molecule has 0 aromatic heterocycles. The summed E-state index contributed by atoms with van der Waals surface area (Å²) < 4.78 is 12.7. The molecule has 0 saturated carbocycles. The fourth-order valence-electron chi connectivity index (χ4n) is 6.66. The number of amides is 2. The van der Waals surface area contributed by atoms with Crippen molar-refractivity contribution in [2.75, 3.05) is 25.0 Å². The van der Waals surface area contributed by atoms with Gasteiger partial charge in [-0.1, -0.05) is 91.0 Å². The number of ether oxygens (including phenoxy) is 2. The van der Waals surface area contributed by atoms with Crippen LogP contribution in [0.3, 0.4) is 0 Å². The van der Waals surface area contributed by atoms with E-state index >= 15 is 0 Å². The average molecular weight is 620 g/mol. The molecule has 2 amide bonds. The van der Waals surface area contributed by atoms with Gasteiger partial charge in [-0.25, -0.2) is 4.79 Å². The second-order valence-electron chi connectivity index (χ2n) is 12.0. The zero-order valence-corrected chi connectivity index (χ0v) is 25.9. The zero-order chi connectivity index (χ0) is 31.7. The van der Waals surface area contributed by atoms with Crippen molar-refractivity contribution in [2.24, 2.45) is 0 Å². The average Bonchev–Trinajstić information content (AvgIpc) is 3.58. The number of morpholine rings is 1. The molecule has 0 bridgehead atoms. The summed E-state index contributed by atoms with van der Waals surface area (Å²) in [5.74, 6) is 0.0269. The Labute approximate surface area is 270 Å². The summed E-state index contributed by atoms with van der Waals surface area (Å²) >= 11 is 0. The Hall–Kier alpha value is -4.66. The van der Waals surface area contributed by atoms with E-state index in [1.807, 2.05) is 84.9 Å². The van der Waals surface area contributed by atoms with Crippen molar-refractivity contribution in [3.8, 4) is 5.75 Å². The quantitative estimate of drug-likeness (QED) is 0.156. The first kappa shape index (κ1) is 31.3. The molecule has 0 spiro atoms. The van der Waals surface area contributed by atoms with E-state index in [1.165, 1.54) is 17.5 Å². The van der Waals surface area contributed by atoms with Crippen LogP contribution in [-0.2, 0) is 28.8 Å². The van der Waals surface area contributed by atoms with Crippen LogP contribution in [0.1, 0.15) is 46.6 Å². The molecule has 1 aliphatic heterocycles. The van der Waals surface area contributed by atoms with Crippen LogP contribution in [0.5, 0.6) is 5.75 Å². The summed E-state index contributed by atoms with van der Waals surface area (Å²) in [6.07, 6.45) is 3.48. The van der Waals surface area contributed by atoms with Crippen molar-refractivity contribution in [2.45, 2.75) is 56.3 Å². The third-order valence-electron chi connectivity index (χ3n) is 8.88. The van der Waals surface area contributed by atoms with E-state index in [9.17, 15) is 14.7 Å². The van der Waals surface area contributed by atoms with Gasteiger partial charge >= 0.3 is 6.09 Å². The fraction of sp³-hybridized carbons (Fsp3) is 0.316. The molecule has 1 saturated heterocycles. The molecule has 0 radical (unpaired) electrons. The van der Waals surface area contributed by atoms with Gasteiger partial charge in [0, 0.05) is 24.7 Å². The predicted molar refractivity (Wildman–Crippen MR) is 179 cm³/mol. The summed E-state index contributed by atoms with van der Waals surface area (Å²) in [5.41, 5.74) is 6.03. The fourth-order valence-corrected chi connectivity index (χ4v) is 6.66. The third-order valence-corrected chi connectivity index (χ3v) is 8.88. The highest BCUT2D eigenvalue weighted by Gasteiger charge is 2.33. The lowest BCUT2D eigenvalue weighted by Gasteiger charge is -2.31. The van der Waals surface area contributed by atoms with Crippen molar-refractivity contribution < 1.29 is 24.2 Å². The van der Waals surface area contributed by atoms with Gasteiger partial charge in [0.15, 0.2) is 0 Å². The van der Waals surface area contributed by atoms with Gasteiger partial charge in [-0.15, -0.1) is 0 Å². The van der Waals surface area contributed by atoms with Gasteiger partial charge in [-0.3, -0.25) is 4.79 Å². The van der Waals surface area contributed by atoms with Crippen molar-refractivity contribution in [3.63, 3.8) is 0 Å². The standard InChI is InChI=1S/C38H41N3O5/c42-37(36(41-38(43)44)35(28-12-3-1-4-13-28)29-14-5-2-6-15-29)40-33-19-8-7-11-27(33)21-22-30-23-39-24-31(46-30)25-45-34-20-10-17-26-16-9-18-32(26)34/h1-8,10-15,17,19-20,30-31,35-36,39,41H,9,16,18,21-25H2,(H,40,42)(H,43,44)/t30-,31+,36+/m1/s1. The zero-order valence-electron chi connectivity index (χ0n) is 25.9.